The van der Waals surface area contributed by atoms with E-state index in [9.17, 15) is 4.79 Å². The molecule has 0 amide bonds. The molecule has 102 valence electrons. The molecule has 0 saturated carbocycles. The van der Waals surface area contributed by atoms with Crippen LogP contribution in [0.2, 0.25) is 0 Å². The summed E-state index contributed by atoms with van der Waals surface area (Å²) in [7, 11) is 0. The number of thioether (sulfide) groups is 1. The van der Waals surface area contributed by atoms with Crippen molar-refractivity contribution < 1.29 is 4.79 Å². The van der Waals surface area contributed by atoms with E-state index in [0.29, 0.717) is 0 Å². The number of Topliss-reactive ketones (excluding diaryl/α,β-unsaturated/α-hetero) is 1. The van der Waals surface area contributed by atoms with E-state index in [1.54, 1.807) is 11.8 Å². The van der Waals surface area contributed by atoms with Crippen LogP contribution in [0.3, 0.4) is 0 Å². The molecule has 2 nitrogen and oxygen atoms in total. The Labute approximate surface area is 127 Å². The second-order valence-corrected chi connectivity index (χ2v) is 6.13. The number of carbonyl (C=O) groups is 1. The Bertz CT molecular complexity index is 807. The van der Waals surface area contributed by atoms with Crippen molar-refractivity contribution in [1.82, 2.24) is 4.57 Å². The summed E-state index contributed by atoms with van der Waals surface area (Å²) in [5.74, 6) is 0.172. The maximum absolute atomic E-state index is 13.0. The number of fused-ring (bicyclic) bond motifs is 3. The third-order valence-corrected chi connectivity index (χ3v) is 5.02. The topological polar surface area (TPSA) is 22.0 Å². The molecule has 0 aliphatic carbocycles. The minimum atomic E-state index is -0.191. The summed E-state index contributed by atoms with van der Waals surface area (Å²) in [6, 6.07) is 21.9. The van der Waals surface area contributed by atoms with Gasteiger partial charge in [-0.3, -0.25) is 4.79 Å². The fourth-order valence-corrected chi connectivity index (χ4v) is 3.91. The van der Waals surface area contributed by atoms with E-state index in [1.165, 1.54) is 0 Å². The molecule has 1 atom stereocenters. The quantitative estimate of drug-likeness (QED) is 0.658. The van der Waals surface area contributed by atoms with E-state index in [2.05, 4.69) is 10.6 Å². The Morgan fingerprint density at radius 3 is 2.48 bits per heavy atom. The molecule has 0 saturated heterocycles. The minimum absolute atomic E-state index is 0.172. The second kappa shape index (κ2) is 4.93. The van der Waals surface area contributed by atoms with E-state index < -0.39 is 0 Å². The van der Waals surface area contributed by atoms with Crippen LogP contribution in [0.15, 0.2) is 78.0 Å². The van der Waals surface area contributed by atoms with Gasteiger partial charge in [0, 0.05) is 11.8 Å². The normalized spacial score (nSPS) is 17.0. The number of benzene rings is 2. The van der Waals surface area contributed by atoms with Crippen LogP contribution in [0.25, 0.3) is 5.69 Å². The summed E-state index contributed by atoms with van der Waals surface area (Å²) in [6.07, 6.45) is 2.02. The zero-order valence-corrected chi connectivity index (χ0v) is 12.1. The first-order chi connectivity index (χ1) is 10.3. The molecule has 0 bridgehead atoms. The average Bonchev–Trinajstić information content (AvgIpc) is 2.97. The van der Waals surface area contributed by atoms with E-state index in [1.807, 2.05) is 66.9 Å². The summed E-state index contributed by atoms with van der Waals surface area (Å²) in [6.45, 7) is 0. The van der Waals surface area contributed by atoms with Gasteiger partial charge in [-0.05, 0) is 29.8 Å². The minimum Gasteiger partial charge on any atom is -0.311 e. The zero-order valence-electron chi connectivity index (χ0n) is 11.3. The van der Waals surface area contributed by atoms with Crippen LogP contribution in [0.5, 0.6) is 0 Å². The third-order valence-electron chi connectivity index (χ3n) is 3.72. The Balaban J connectivity index is 1.93. The molecule has 0 radical (unpaired) electrons. The highest BCUT2D eigenvalue weighted by Gasteiger charge is 2.29. The SMILES string of the molecule is O=C1c2ccccc2-n2cccc2SC1c1ccccc1. The lowest BCUT2D eigenvalue weighted by atomic mass is 10.0. The van der Waals surface area contributed by atoms with Crippen LogP contribution in [0.4, 0.5) is 0 Å². The van der Waals surface area contributed by atoms with Crippen molar-refractivity contribution in [2.24, 2.45) is 0 Å². The van der Waals surface area contributed by atoms with Crippen molar-refractivity contribution in [3.8, 4) is 5.69 Å². The molecule has 0 spiro atoms. The highest BCUT2D eigenvalue weighted by molar-refractivity contribution is 8.00. The van der Waals surface area contributed by atoms with Gasteiger partial charge in [-0.2, -0.15) is 0 Å². The predicted octanol–water partition coefficient (Wildman–Crippen LogP) is 4.51. The summed E-state index contributed by atoms with van der Waals surface area (Å²) in [5.41, 5.74) is 2.80. The predicted molar refractivity (Wildman–Crippen MR) is 85.1 cm³/mol. The van der Waals surface area contributed by atoms with Gasteiger partial charge in [-0.25, -0.2) is 0 Å². The maximum Gasteiger partial charge on any atom is 0.182 e. The second-order valence-electron chi connectivity index (χ2n) is 5.01. The van der Waals surface area contributed by atoms with Crippen LogP contribution in [0, 0.1) is 0 Å². The number of hydrogen-bond donors (Lipinski definition) is 0. The summed E-state index contributed by atoms with van der Waals surface area (Å²) in [4.78, 5) is 13.0. The van der Waals surface area contributed by atoms with Gasteiger partial charge in [0.05, 0.1) is 16.0 Å². The molecule has 1 aliphatic rings. The highest BCUT2D eigenvalue weighted by Crippen LogP contribution is 2.42. The first-order valence-electron chi connectivity index (χ1n) is 6.87. The standard InChI is InChI=1S/C18H13NOS/c20-17-14-9-4-5-10-15(14)19-12-6-11-16(19)21-18(17)13-7-2-1-3-8-13/h1-12,18H. The molecule has 1 aromatic heterocycles. The van der Waals surface area contributed by atoms with Crippen molar-refractivity contribution in [3.05, 3.63) is 84.1 Å². The molecule has 3 aromatic rings. The molecule has 1 unspecified atom stereocenters. The zero-order chi connectivity index (χ0) is 14.2. The number of rotatable bonds is 1. The van der Waals surface area contributed by atoms with Gasteiger partial charge < -0.3 is 4.57 Å². The lowest BCUT2D eigenvalue weighted by molar-refractivity contribution is 0.0990. The van der Waals surface area contributed by atoms with E-state index in [4.69, 9.17) is 0 Å². The third kappa shape index (κ3) is 2.01. The van der Waals surface area contributed by atoms with Gasteiger partial charge in [0.25, 0.3) is 0 Å². The molecule has 21 heavy (non-hydrogen) atoms. The monoisotopic (exact) mass is 291 g/mol. The average molecular weight is 291 g/mol. The fraction of sp³-hybridized carbons (Fsp3) is 0.0556. The lowest BCUT2D eigenvalue weighted by Gasteiger charge is -2.13. The van der Waals surface area contributed by atoms with Gasteiger partial charge in [-0.15, -0.1) is 0 Å². The summed E-state index contributed by atoms with van der Waals surface area (Å²) < 4.78 is 2.10. The van der Waals surface area contributed by atoms with E-state index in [-0.39, 0.29) is 11.0 Å². The molecule has 4 rings (SSSR count). The van der Waals surface area contributed by atoms with Crippen molar-refractivity contribution >= 4 is 17.5 Å². The number of para-hydroxylation sites is 1. The molecule has 0 fully saturated rings. The van der Waals surface area contributed by atoms with Crippen LogP contribution in [-0.4, -0.2) is 10.4 Å². The van der Waals surface area contributed by atoms with Gasteiger partial charge in [0.2, 0.25) is 0 Å². The van der Waals surface area contributed by atoms with Gasteiger partial charge in [0.15, 0.2) is 5.78 Å². The number of ketones is 1. The van der Waals surface area contributed by atoms with Gasteiger partial charge in [0.1, 0.15) is 0 Å². The number of carbonyl (C=O) groups excluding carboxylic acids is 1. The summed E-state index contributed by atoms with van der Waals surface area (Å²) >= 11 is 1.62. The Morgan fingerprint density at radius 1 is 0.857 bits per heavy atom. The van der Waals surface area contributed by atoms with E-state index in [0.717, 1.165) is 21.8 Å². The van der Waals surface area contributed by atoms with Crippen LogP contribution in [-0.2, 0) is 0 Å². The first kappa shape index (κ1) is 12.5. The molecular weight excluding hydrogens is 278 g/mol. The number of hydrogen-bond acceptors (Lipinski definition) is 2. The van der Waals surface area contributed by atoms with Crippen molar-refractivity contribution in [1.29, 1.82) is 0 Å². The molecule has 2 heterocycles. The molecule has 3 heteroatoms. The summed E-state index contributed by atoms with van der Waals surface area (Å²) in [5, 5.41) is 0.908. The van der Waals surface area contributed by atoms with Crippen LogP contribution >= 0.6 is 11.8 Å². The van der Waals surface area contributed by atoms with Crippen molar-refractivity contribution in [2.75, 3.05) is 0 Å². The fourth-order valence-electron chi connectivity index (χ4n) is 2.72. The van der Waals surface area contributed by atoms with E-state index >= 15 is 0 Å². The smallest absolute Gasteiger partial charge is 0.182 e. The highest BCUT2D eigenvalue weighted by atomic mass is 32.2. The van der Waals surface area contributed by atoms with Crippen LogP contribution < -0.4 is 0 Å². The number of aromatic nitrogens is 1. The van der Waals surface area contributed by atoms with Gasteiger partial charge in [-0.1, -0.05) is 54.2 Å². The van der Waals surface area contributed by atoms with Crippen molar-refractivity contribution in [3.63, 3.8) is 0 Å². The number of nitrogens with zero attached hydrogens (tertiary/aromatic N) is 1. The molecule has 2 aromatic carbocycles. The molecular formula is C18H13NOS. The lowest BCUT2D eigenvalue weighted by Crippen LogP contribution is -2.09. The van der Waals surface area contributed by atoms with Crippen molar-refractivity contribution in [2.45, 2.75) is 10.3 Å². The Morgan fingerprint density at radius 2 is 1.62 bits per heavy atom. The maximum atomic E-state index is 13.0. The van der Waals surface area contributed by atoms with Crippen LogP contribution in [0.1, 0.15) is 21.2 Å². The molecule has 0 N–H and O–H groups in total. The van der Waals surface area contributed by atoms with Gasteiger partial charge >= 0.3 is 0 Å². The largest absolute Gasteiger partial charge is 0.311 e. The molecule has 1 aliphatic heterocycles. The Kier molecular flexibility index (Phi) is 2.93. The first-order valence-corrected chi connectivity index (χ1v) is 7.75. The Hall–Kier alpha value is -2.26.